The highest BCUT2D eigenvalue weighted by Gasteiger charge is 2.23. The minimum atomic E-state index is -3.60. The molecule has 6 heteroatoms. The number of nitrogens with one attached hydrogen (secondary N) is 1. The largest absolute Gasteiger partial charge is 0.507 e. The minimum absolute atomic E-state index is 0.0131. The maximum absolute atomic E-state index is 12.0. The summed E-state index contributed by atoms with van der Waals surface area (Å²) in [6.45, 7) is 0. The zero-order valence-corrected chi connectivity index (χ0v) is 10.9. The SMILES string of the molecule is O=S(=O)(NC1CCSCC1)c1ccccc1O. The highest BCUT2D eigenvalue weighted by atomic mass is 32.2. The summed E-state index contributed by atoms with van der Waals surface area (Å²) in [5, 5.41) is 9.55. The fraction of sp³-hybridized carbons (Fsp3) is 0.455. The van der Waals surface area contributed by atoms with Crippen LogP contribution in [0.25, 0.3) is 0 Å². The van der Waals surface area contributed by atoms with Crippen molar-refractivity contribution in [3.63, 3.8) is 0 Å². The van der Waals surface area contributed by atoms with E-state index in [1.165, 1.54) is 12.1 Å². The van der Waals surface area contributed by atoms with Crippen LogP contribution in [0.5, 0.6) is 5.75 Å². The molecule has 0 spiro atoms. The summed E-state index contributed by atoms with van der Waals surface area (Å²) < 4.78 is 26.7. The van der Waals surface area contributed by atoms with Crippen LogP contribution < -0.4 is 4.72 Å². The molecule has 0 saturated carbocycles. The molecular weight excluding hydrogens is 258 g/mol. The fourth-order valence-corrected chi connectivity index (χ4v) is 4.29. The average molecular weight is 273 g/mol. The van der Waals surface area contributed by atoms with E-state index in [-0.39, 0.29) is 16.7 Å². The molecule has 1 heterocycles. The Balaban J connectivity index is 2.16. The molecule has 0 unspecified atom stereocenters. The van der Waals surface area contributed by atoms with Gasteiger partial charge in [0.15, 0.2) is 0 Å². The van der Waals surface area contributed by atoms with Gasteiger partial charge < -0.3 is 5.11 Å². The lowest BCUT2D eigenvalue weighted by atomic mass is 10.2. The number of phenols is 1. The van der Waals surface area contributed by atoms with E-state index >= 15 is 0 Å². The number of para-hydroxylation sites is 1. The van der Waals surface area contributed by atoms with Crippen molar-refractivity contribution >= 4 is 21.8 Å². The Kier molecular flexibility index (Phi) is 3.96. The third kappa shape index (κ3) is 3.14. The summed E-state index contributed by atoms with van der Waals surface area (Å²) in [6, 6.07) is 5.98. The summed E-state index contributed by atoms with van der Waals surface area (Å²) in [7, 11) is -3.60. The van der Waals surface area contributed by atoms with Crippen LogP contribution in [-0.2, 0) is 10.0 Å². The van der Waals surface area contributed by atoms with Crippen LogP contribution in [0.4, 0.5) is 0 Å². The highest BCUT2D eigenvalue weighted by molar-refractivity contribution is 7.99. The molecule has 1 aliphatic heterocycles. The smallest absolute Gasteiger partial charge is 0.244 e. The Morgan fingerprint density at radius 2 is 1.88 bits per heavy atom. The second-order valence-electron chi connectivity index (χ2n) is 3.98. The molecule has 0 atom stereocenters. The zero-order valence-electron chi connectivity index (χ0n) is 9.30. The molecule has 1 fully saturated rings. The van der Waals surface area contributed by atoms with Gasteiger partial charge in [0.1, 0.15) is 10.6 Å². The lowest BCUT2D eigenvalue weighted by Gasteiger charge is -2.22. The normalized spacial score (nSPS) is 18.1. The van der Waals surface area contributed by atoms with Crippen molar-refractivity contribution in [3.8, 4) is 5.75 Å². The van der Waals surface area contributed by atoms with E-state index in [4.69, 9.17) is 0 Å². The predicted molar refractivity (Wildman–Crippen MR) is 68.8 cm³/mol. The Hall–Kier alpha value is -0.720. The quantitative estimate of drug-likeness (QED) is 0.877. The van der Waals surface area contributed by atoms with Gasteiger partial charge in [-0.3, -0.25) is 0 Å². The minimum Gasteiger partial charge on any atom is -0.507 e. The summed E-state index contributed by atoms with van der Waals surface area (Å²) in [4.78, 5) is -0.0433. The van der Waals surface area contributed by atoms with Crippen molar-refractivity contribution in [3.05, 3.63) is 24.3 Å². The maximum Gasteiger partial charge on any atom is 0.244 e. The monoisotopic (exact) mass is 273 g/mol. The van der Waals surface area contributed by atoms with Crippen molar-refractivity contribution in [2.75, 3.05) is 11.5 Å². The van der Waals surface area contributed by atoms with Crippen LogP contribution in [0.2, 0.25) is 0 Å². The number of benzene rings is 1. The lowest BCUT2D eigenvalue weighted by Crippen LogP contribution is -2.37. The predicted octanol–water partition coefficient (Wildman–Crippen LogP) is 1.57. The van der Waals surface area contributed by atoms with Gasteiger partial charge in [0.25, 0.3) is 0 Å². The lowest BCUT2D eigenvalue weighted by molar-refractivity contribution is 0.456. The van der Waals surface area contributed by atoms with Crippen molar-refractivity contribution < 1.29 is 13.5 Å². The molecule has 2 N–H and O–H groups in total. The molecule has 0 aromatic heterocycles. The van der Waals surface area contributed by atoms with Crippen molar-refractivity contribution in [1.29, 1.82) is 0 Å². The summed E-state index contributed by atoms with van der Waals surface area (Å²) >= 11 is 1.84. The van der Waals surface area contributed by atoms with Gasteiger partial charge in [0, 0.05) is 6.04 Å². The Morgan fingerprint density at radius 3 is 2.53 bits per heavy atom. The van der Waals surface area contributed by atoms with E-state index in [1.807, 2.05) is 11.8 Å². The topological polar surface area (TPSA) is 66.4 Å². The van der Waals surface area contributed by atoms with E-state index in [9.17, 15) is 13.5 Å². The molecule has 0 radical (unpaired) electrons. The van der Waals surface area contributed by atoms with E-state index in [0.717, 1.165) is 24.3 Å². The van der Waals surface area contributed by atoms with Crippen LogP contribution in [-0.4, -0.2) is 31.1 Å². The molecule has 0 aliphatic carbocycles. The van der Waals surface area contributed by atoms with Gasteiger partial charge in [0.05, 0.1) is 0 Å². The van der Waals surface area contributed by atoms with Gasteiger partial charge in [-0.1, -0.05) is 12.1 Å². The third-order valence-corrected chi connectivity index (χ3v) is 5.31. The summed E-state index contributed by atoms with van der Waals surface area (Å²) in [5.41, 5.74) is 0. The van der Waals surface area contributed by atoms with Crippen LogP contribution in [0.1, 0.15) is 12.8 Å². The van der Waals surface area contributed by atoms with Gasteiger partial charge in [-0.15, -0.1) is 0 Å². The molecular formula is C11H15NO3S2. The van der Waals surface area contributed by atoms with E-state index in [0.29, 0.717) is 0 Å². The van der Waals surface area contributed by atoms with Gasteiger partial charge in [-0.25, -0.2) is 13.1 Å². The van der Waals surface area contributed by atoms with Crippen LogP contribution >= 0.6 is 11.8 Å². The number of hydrogen-bond acceptors (Lipinski definition) is 4. The number of sulfonamides is 1. The molecule has 1 aromatic rings. The maximum atomic E-state index is 12.0. The summed E-state index contributed by atoms with van der Waals surface area (Å²) in [5.74, 6) is 1.76. The molecule has 1 aliphatic rings. The second kappa shape index (κ2) is 5.29. The van der Waals surface area contributed by atoms with Crippen LogP contribution in [0.3, 0.4) is 0 Å². The Bertz CT molecular complexity index is 481. The molecule has 4 nitrogen and oxygen atoms in total. The van der Waals surface area contributed by atoms with Crippen molar-refractivity contribution in [2.24, 2.45) is 0 Å². The second-order valence-corrected chi connectivity index (χ2v) is 6.88. The van der Waals surface area contributed by atoms with Crippen molar-refractivity contribution in [1.82, 2.24) is 4.72 Å². The van der Waals surface area contributed by atoms with Gasteiger partial charge in [0.2, 0.25) is 10.0 Å². The molecule has 94 valence electrons. The van der Waals surface area contributed by atoms with E-state index in [2.05, 4.69) is 4.72 Å². The van der Waals surface area contributed by atoms with Gasteiger partial charge >= 0.3 is 0 Å². The molecule has 0 amide bonds. The number of rotatable bonds is 3. The first kappa shape index (κ1) is 12.7. The highest BCUT2D eigenvalue weighted by Crippen LogP contribution is 2.23. The first-order valence-corrected chi connectivity index (χ1v) is 8.11. The number of phenolic OH excluding ortho intramolecular Hbond substituents is 1. The number of thioether (sulfide) groups is 1. The molecule has 17 heavy (non-hydrogen) atoms. The first-order chi connectivity index (χ1) is 8.09. The van der Waals surface area contributed by atoms with E-state index in [1.54, 1.807) is 12.1 Å². The van der Waals surface area contributed by atoms with Crippen LogP contribution in [0, 0.1) is 0 Å². The number of aromatic hydroxyl groups is 1. The van der Waals surface area contributed by atoms with Crippen LogP contribution in [0.15, 0.2) is 29.2 Å². The standard InChI is InChI=1S/C11H15NO3S2/c13-10-3-1-2-4-11(10)17(14,15)12-9-5-7-16-8-6-9/h1-4,9,12-13H,5-8H2. The molecule has 1 saturated heterocycles. The molecule has 2 rings (SSSR count). The Morgan fingerprint density at radius 1 is 1.24 bits per heavy atom. The summed E-state index contributed by atoms with van der Waals surface area (Å²) in [6.07, 6.45) is 1.69. The number of hydrogen-bond donors (Lipinski definition) is 2. The Labute approximate surface area is 105 Å². The van der Waals surface area contributed by atoms with E-state index < -0.39 is 10.0 Å². The first-order valence-electron chi connectivity index (χ1n) is 5.48. The molecule has 0 bridgehead atoms. The third-order valence-electron chi connectivity index (χ3n) is 2.70. The molecule has 1 aromatic carbocycles. The zero-order chi connectivity index (χ0) is 12.3. The van der Waals surface area contributed by atoms with Gasteiger partial charge in [-0.05, 0) is 36.5 Å². The fourth-order valence-electron chi connectivity index (χ4n) is 1.78. The van der Waals surface area contributed by atoms with Gasteiger partial charge in [-0.2, -0.15) is 11.8 Å². The average Bonchev–Trinajstić information content (AvgIpc) is 2.30. The van der Waals surface area contributed by atoms with Crippen molar-refractivity contribution in [2.45, 2.75) is 23.8 Å².